The first kappa shape index (κ1) is 25.7. The SMILES string of the molecule is CCc1c(C(=O)N2CCOc3ccc(-c4ccc(C(=O)NC5CCNC5)cc4)cc3C2)ccc(NC)c1F. The molecule has 1 atom stereocenters. The Labute approximate surface area is 222 Å². The Morgan fingerprint density at radius 2 is 1.89 bits per heavy atom. The van der Waals surface area contributed by atoms with Crippen molar-refractivity contribution in [3.05, 3.63) is 82.7 Å². The van der Waals surface area contributed by atoms with Crippen LogP contribution in [-0.4, -0.2) is 56.0 Å². The minimum atomic E-state index is -0.383. The topological polar surface area (TPSA) is 82.7 Å². The predicted octanol–water partition coefficient (Wildman–Crippen LogP) is 4.22. The summed E-state index contributed by atoms with van der Waals surface area (Å²) in [5, 5.41) is 9.16. The van der Waals surface area contributed by atoms with Crippen LogP contribution in [0.15, 0.2) is 54.6 Å². The Kier molecular flexibility index (Phi) is 7.60. The van der Waals surface area contributed by atoms with Crippen molar-refractivity contribution in [2.45, 2.75) is 32.4 Å². The van der Waals surface area contributed by atoms with Crippen LogP contribution in [0, 0.1) is 5.82 Å². The molecule has 0 saturated carbocycles. The third-order valence-corrected chi connectivity index (χ3v) is 7.30. The molecule has 8 heteroatoms. The molecule has 1 fully saturated rings. The van der Waals surface area contributed by atoms with Crippen LogP contribution in [0.3, 0.4) is 0 Å². The molecule has 2 amide bonds. The van der Waals surface area contributed by atoms with Crippen LogP contribution in [0.4, 0.5) is 10.1 Å². The van der Waals surface area contributed by atoms with E-state index in [9.17, 15) is 14.0 Å². The maximum absolute atomic E-state index is 14.9. The monoisotopic (exact) mass is 516 g/mol. The molecule has 0 spiro atoms. The highest BCUT2D eigenvalue weighted by atomic mass is 19.1. The molecule has 0 bridgehead atoms. The van der Waals surface area contributed by atoms with Crippen LogP contribution in [0.25, 0.3) is 11.1 Å². The molecule has 2 heterocycles. The maximum Gasteiger partial charge on any atom is 0.254 e. The average molecular weight is 517 g/mol. The molecule has 3 N–H and O–H groups in total. The van der Waals surface area contributed by atoms with Crippen LogP contribution in [0.2, 0.25) is 0 Å². The van der Waals surface area contributed by atoms with Crippen LogP contribution in [-0.2, 0) is 13.0 Å². The highest BCUT2D eigenvalue weighted by Crippen LogP contribution is 2.31. The van der Waals surface area contributed by atoms with E-state index in [4.69, 9.17) is 4.74 Å². The molecule has 3 aromatic rings. The Morgan fingerprint density at radius 3 is 2.61 bits per heavy atom. The van der Waals surface area contributed by atoms with Gasteiger partial charge in [0.15, 0.2) is 0 Å². The smallest absolute Gasteiger partial charge is 0.254 e. The molecule has 2 aliphatic heterocycles. The fourth-order valence-electron chi connectivity index (χ4n) is 5.14. The number of hydrogen-bond acceptors (Lipinski definition) is 5. The summed E-state index contributed by atoms with van der Waals surface area (Å²) in [5.41, 5.74) is 4.61. The molecule has 0 radical (unpaired) electrons. The normalized spacial score (nSPS) is 16.8. The van der Waals surface area contributed by atoms with Crippen LogP contribution in [0.1, 0.15) is 45.2 Å². The van der Waals surface area contributed by atoms with Crippen LogP contribution >= 0.6 is 0 Å². The van der Waals surface area contributed by atoms with E-state index in [1.807, 2.05) is 49.4 Å². The summed E-state index contributed by atoms with van der Waals surface area (Å²) in [6.45, 7) is 4.70. The van der Waals surface area contributed by atoms with Crippen molar-refractivity contribution >= 4 is 17.5 Å². The number of fused-ring (bicyclic) bond motifs is 1. The van der Waals surface area contributed by atoms with Crippen molar-refractivity contribution < 1.29 is 18.7 Å². The number of anilines is 1. The molecule has 1 saturated heterocycles. The Bertz CT molecular complexity index is 1340. The van der Waals surface area contributed by atoms with Gasteiger partial charge in [-0.25, -0.2) is 4.39 Å². The lowest BCUT2D eigenvalue weighted by Crippen LogP contribution is -2.36. The zero-order valence-electron chi connectivity index (χ0n) is 21.8. The third-order valence-electron chi connectivity index (χ3n) is 7.30. The minimum Gasteiger partial charge on any atom is -0.491 e. The van der Waals surface area contributed by atoms with Crippen molar-refractivity contribution in [3.63, 3.8) is 0 Å². The number of nitrogens with zero attached hydrogens (tertiary/aromatic N) is 1. The van der Waals surface area contributed by atoms with Gasteiger partial charge in [0.05, 0.1) is 12.2 Å². The molecule has 7 nitrogen and oxygen atoms in total. The largest absolute Gasteiger partial charge is 0.491 e. The van der Waals surface area contributed by atoms with Crippen molar-refractivity contribution in [3.8, 4) is 16.9 Å². The van der Waals surface area contributed by atoms with E-state index in [1.54, 1.807) is 24.1 Å². The highest BCUT2D eigenvalue weighted by Gasteiger charge is 2.25. The van der Waals surface area contributed by atoms with Gasteiger partial charge in [-0.2, -0.15) is 0 Å². The number of amides is 2. The first-order valence-electron chi connectivity index (χ1n) is 13.1. The Morgan fingerprint density at radius 1 is 1.11 bits per heavy atom. The lowest BCUT2D eigenvalue weighted by Gasteiger charge is -2.22. The highest BCUT2D eigenvalue weighted by molar-refractivity contribution is 5.96. The Balaban J connectivity index is 1.35. The molecule has 3 aromatic carbocycles. The quantitative estimate of drug-likeness (QED) is 0.457. The van der Waals surface area contributed by atoms with E-state index in [2.05, 4.69) is 16.0 Å². The molecule has 2 aliphatic rings. The van der Waals surface area contributed by atoms with E-state index in [1.165, 1.54) is 0 Å². The summed E-state index contributed by atoms with van der Waals surface area (Å²) in [7, 11) is 1.66. The average Bonchev–Trinajstić information content (AvgIpc) is 3.36. The predicted molar refractivity (Wildman–Crippen MR) is 146 cm³/mol. The first-order valence-corrected chi connectivity index (χ1v) is 13.1. The van der Waals surface area contributed by atoms with Crippen LogP contribution < -0.4 is 20.7 Å². The standard InChI is InChI=1S/C30H33FN4O3/c1-3-24-25(9-10-26(32-2)28(24)31)30(37)35-14-15-38-27-11-8-21(16-22(27)18-35)19-4-6-20(7-5-19)29(36)34-23-12-13-33-17-23/h4-11,16,23,32-33H,3,12-15,17-18H2,1-2H3,(H,34,36). The summed E-state index contributed by atoms with van der Waals surface area (Å²) >= 11 is 0. The molecular weight excluding hydrogens is 483 g/mol. The van der Waals surface area contributed by atoms with E-state index in [-0.39, 0.29) is 23.7 Å². The number of nitrogens with one attached hydrogen (secondary N) is 3. The number of benzene rings is 3. The third kappa shape index (κ3) is 5.22. The number of halogens is 1. The molecular formula is C30H33FN4O3. The van der Waals surface area contributed by atoms with Crippen LogP contribution in [0.5, 0.6) is 5.75 Å². The summed E-state index contributed by atoms with van der Waals surface area (Å²) in [4.78, 5) is 27.8. The van der Waals surface area contributed by atoms with Gasteiger partial charge < -0.3 is 25.6 Å². The lowest BCUT2D eigenvalue weighted by molar-refractivity contribution is 0.0731. The van der Waals surface area contributed by atoms with Gasteiger partial charge >= 0.3 is 0 Å². The second kappa shape index (κ2) is 11.2. The van der Waals surface area contributed by atoms with Gasteiger partial charge in [0.1, 0.15) is 18.2 Å². The van der Waals surface area contributed by atoms with Gasteiger partial charge in [0.2, 0.25) is 0 Å². The molecule has 0 aliphatic carbocycles. The minimum absolute atomic E-state index is 0.0691. The van der Waals surface area contributed by atoms with E-state index < -0.39 is 0 Å². The van der Waals surface area contributed by atoms with Crippen molar-refractivity contribution in [2.24, 2.45) is 0 Å². The first-order chi connectivity index (χ1) is 18.5. The van der Waals surface area contributed by atoms with E-state index in [0.717, 1.165) is 42.0 Å². The zero-order chi connectivity index (χ0) is 26.6. The fraction of sp³-hybridized carbons (Fsp3) is 0.333. The van der Waals surface area contributed by atoms with Gasteiger partial charge in [-0.1, -0.05) is 25.1 Å². The second-order valence-corrected chi connectivity index (χ2v) is 9.69. The zero-order valence-corrected chi connectivity index (χ0v) is 21.8. The van der Waals surface area contributed by atoms with Gasteiger partial charge in [0.25, 0.3) is 11.8 Å². The van der Waals surface area contributed by atoms with E-state index >= 15 is 0 Å². The second-order valence-electron chi connectivity index (χ2n) is 9.69. The van der Waals surface area contributed by atoms with E-state index in [0.29, 0.717) is 48.5 Å². The fourth-order valence-corrected chi connectivity index (χ4v) is 5.14. The number of carbonyl (C=O) groups excluding carboxylic acids is 2. The Hall–Kier alpha value is -3.91. The van der Waals surface area contributed by atoms with Crippen molar-refractivity contribution in [2.75, 3.05) is 38.6 Å². The van der Waals surface area contributed by atoms with Crippen molar-refractivity contribution in [1.29, 1.82) is 0 Å². The summed E-state index contributed by atoms with van der Waals surface area (Å²) in [5.74, 6) is 0.0720. The maximum atomic E-state index is 14.9. The van der Waals surface area contributed by atoms with Crippen molar-refractivity contribution in [1.82, 2.24) is 15.5 Å². The molecule has 5 rings (SSSR count). The molecule has 1 unspecified atom stereocenters. The number of carbonyl (C=O) groups is 2. The molecule has 198 valence electrons. The number of rotatable bonds is 6. The van der Waals surface area contributed by atoms with Gasteiger partial charge in [-0.15, -0.1) is 0 Å². The number of ether oxygens (including phenoxy) is 1. The summed E-state index contributed by atoms with van der Waals surface area (Å²) in [6.07, 6.45) is 1.36. The lowest BCUT2D eigenvalue weighted by atomic mass is 9.99. The number of hydrogen-bond donors (Lipinski definition) is 3. The van der Waals surface area contributed by atoms with Gasteiger partial charge in [-0.05, 0) is 66.9 Å². The summed E-state index contributed by atoms with van der Waals surface area (Å²) < 4.78 is 20.9. The van der Waals surface area contributed by atoms with Gasteiger partial charge in [0, 0.05) is 48.4 Å². The molecule has 38 heavy (non-hydrogen) atoms. The van der Waals surface area contributed by atoms with Gasteiger partial charge in [-0.3, -0.25) is 9.59 Å². The molecule has 0 aromatic heterocycles. The summed E-state index contributed by atoms with van der Waals surface area (Å²) in [6, 6.07) is 16.9.